The van der Waals surface area contributed by atoms with Gasteiger partial charge in [-0.25, -0.2) is 4.98 Å². The van der Waals surface area contributed by atoms with Gasteiger partial charge in [-0.2, -0.15) is 0 Å². The predicted octanol–water partition coefficient (Wildman–Crippen LogP) is 1.54. The molecule has 1 aromatic heterocycles. The van der Waals surface area contributed by atoms with Gasteiger partial charge in [-0.1, -0.05) is 11.6 Å². The van der Waals surface area contributed by atoms with E-state index in [9.17, 15) is 9.59 Å². The molecule has 0 aromatic carbocycles. The average molecular weight is 239 g/mol. The Kier molecular flexibility index (Phi) is 3.19. The van der Waals surface area contributed by atoms with Crippen LogP contribution in [0.5, 0.6) is 0 Å². The zero-order valence-electron chi connectivity index (χ0n) is 8.65. The van der Waals surface area contributed by atoms with E-state index >= 15 is 0 Å². The van der Waals surface area contributed by atoms with Gasteiger partial charge in [-0.05, 0) is 12.1 Å². The Morgan fingerprint density at radius 1 is 1.31 bits per heavy atom. The molecule has 0 atom stereocenters. The summed E-state index contributed by atoms with van der Waals surface area (Å²) in [6.45, 7) is 1.00. The van der Waals surface area contributed by atoms with E-state index in [1.165, 1.54) is 6.20 Å². The lowest BCUT2D eigenvalue weighted by atomic mass is 10.1. The van der Waals surface area contributed by atoms with Crippen molar-refractivity contribution in [2.24, 2.45) is 0 Å². The number of halogens is 1. The van der Waals surface area contributed by atoms with Crippen molar-refractivity contribution >= 4 is 23.3 Å². The van der Waals surface area contributed by atoms with E-state index in [1.54, 1.807) is 17.0 Å². The van der Waals surface area contributed by atoms with Gasteiger partial charge in [0, 0.05) is 32.1 Å². The maximum Gasteiger partial charge on any atom is 0.255 e. The van der Waals surface area contributed by atoms with Crippen LogP contribution in [0.2, 0.25) is 5.15 Å². The summed E-state index contributed by atoms with van der Waals surface area (Å²) in [5.74, 6) is 0.134. The topological polar surface area (TPSA) is 50.3 Å². The molecule has 1 saturated heterocycles. The number of likely N-dealkylation sites (tertiary alicyclic amines) is 1. The number of pyridine rings is 1. The van der Waals surface area contributed by atoms with Crippen LogP contribution in [0.1, 0.15) is 23.2 Å². The van der Waals surface area contributed by atoms with E-state index in [0.717, 1.165) is 0 Å². The Morgan fingerprint density at radius 2 is 2.00 bits per heavy atom. The average Bonchev–Trinajstić information content (AvgIpc) is 2.30. The van der Waals surface area contributed by atoms with Crippen LogP contribution in [-0.2, 0) is 4.79 Å². The van der Waals surface area contributed by atoms with Crippen LogP contribution in [0.15, 0.2) is 18.3 Å². The minimum absolute atomic E-state index is 0.0864. The van der Waals surface area contributed by atoms with E-state index < -0.39 is 0 Å². The molecule has 1 fully saturated rings. The summed E-state index contributed by atoms with van der Waals surface area (Å²) in [6, 6.07) is 3.23. The Labute approximate surface area is 98.2 Å². The van der Waals surface area contributed by atoms with Gasteiger partial charge in [0.1, 0.15) is 10.9 Å². The highest BCUT2D eigenvalue weighted by molar-refractivity contribution is 6.29. The number of amides is 1. The summed E-state index contributed by atoms with van der Waals surface area (Å²) in [5, 5.41) is 0.366. The lowest BCUT2D eigenvalue weighted by Gasteiger charge is -2.25. The van der Waals surface area contributed by atoms with E-state index in [0.29, 0.717) is 36.6 Å². The summed E-state index contributed by atoms with van der Waals surface area (Å²) >= 11 is 5.64. The summed E-state index contributed by atoms with van der Waals surface area (Å²) in [7, 11) is 0. The number of piperidine rings is 1. The summed E-state index contributed by atoms with van der Waals surface area (Å²) < 4.78 is 0. The fourth-order valence-corrected chi connectivity index (χ4v) is 1.76. The van der Waals surface area contributed by atoms with E-state index in [1.807, 2.05) is 0 Å². The molecule has 0 N–H and O–H groups in total. The van der Waals surface area contributed by atoms with Crippen molar-refractivity contribution in [3.63, 3.8) is 0 Å². The third kappa shape index (κ3) is 2.39. The van der Waals surface area contributed by atoms with Gasteiger partial charge in [0.15, 0.2) is 0 Å². The first kappa shape index (κ1) is 11.1. The highest BCUT2D eigenvalue weighted by Crippen LogP contribution is 2.12. The van der Waals surface area contributed by atoms with E-state index in [-0.39, 0.29) is 11.7 Å². The first-order valence-corrected chi connectivity index (χ1v) is 5.47. The second kappa shape index (κ2) is 4.61. The first-order chi connectivity index (χ1) is 7.66. The molecule has 0 radical (unpaired) electrons. The summed E-state index contributed by atoms with van der Waals surface area (Å²) in [6.07, 6.45) is 2.36. The van der Waals surface area contributed by atoms with Crippen LogP contribution in [-0.4, -0.2) is 34.7 Å². The Bertz CT molecular complexity index is 406. The van der Waals surface area contributed by atoms with Crippen LogP contribution in [0, 0.1) is 0 Å². The van der Waals surface area contributed by atoms with Gasteiger partial charge in [0.05, 0.1) is 5.56 Å². The van der Waals surface area contributed by atoms with Crippen LogP contribution >= 0.6 is 11.6 Å². The molecule has 0 saturated carbocycles. The van der Waals surface area contributed by atoms with Gasteiger partial charge in [-0.3, -0.25) is 9.59 Å². The van der Waals surface area contributed by atoms with Crippen LogP contribution in [0.25, 0.3) is 0 Å². The maximum absolute atomic E-state index is 11.9. The number of ketones is 1. The zero-order chi connectivity index (χ0) is 11.5. The number of carbonyl (C=O) groups excluding carboxylic acids is 2. The third-order valence-corrected chi connectivity index (χ3v) is 2.81. The van der Waals surface area contributed by atoms with Gasteiger partial charge < -0.3 is 4.90 Å². The van der Waals surface area contributed by atoms with Gasteiger partial charge in [-0.15, -0.1) is 0 Å². The number of rotatable bonds is 1. The molecule has 4 nitrogen and oxygen atoms in total. The molecule has 84 valence electrons. The lowest BCUT2D eigenvalue weighted by molar-refractivity contribution is -0.120. The molecule has 1 aliphatic heterocycles. The molecule has 1 aliphatic rings. The molecule has 0 bridgehead atoms. The van der Waals surface area contributed by atoms with Gasteiger partial charge in [0.25, 0.3) is 5.91 Å². The molecule has 1 aromatic rings. The molecule has 5 heteroatoms. The normalized spacial score (nSPS) is 16.3. The summed E-state index contributed by atoms with van der Waals surface area (Å²) in [5.41, 5.74) is 0.513. The number of carbonyl (C=O) groups is 2. The SMILES string of the molecule is O=C1CCN(C(=O)c2ccc(Cl)nc2)CC1. The fraction of sp³-hybridized carbons (Fsp3) is 0.364. The van der Waals surface area contributed by atoms with Crippen LogP contribution in [0.4, 0.5) is 0 Å². The quantitative estimate of drug-likeness (QED) is 0.698. The number of nitrogens with zero attached hydrogens (tertiary/aromatic N) is 2. The molecule has 0 unspecified atom stereocenters. The van der Waals surface area contributed by atoms with Crippen molar-refractivity contribution in [3.8, 4) is 0 Å². The Hall–Kier alpha value is -1.42. The zero-order valence-corrected chi connectivity index (χ0v) is 9.41. The Balaban J connectivity index is 2.07. The molecule has 2 heterocycles. The third-order valence-electron chi connectivity index (χ3n) is 2.58. The maximum atomic E-state index is 11.9. The van der Waals surface area contributed by atoms with Crippen molar-refractivity contribution in [1.29, 1.82) is 0 Å². The largest absolute Gasteiger partial charge is 0.338 e. The van der Waals surface area contributed by atoms with Crippen LogP contribution < -0.4 is 0 Å². The molecule has 1 amide bonds. The van der Waals surface area contributed by atoms with Crippen molar-refractivity contribution in [3.05, 3.63) is 29.0 Å². The number of aromatic nitrogens is 1. The van der Waals surface area contributed by atoms with E-state index in [4.69, 9.17) is 11.6 Å². The molecular weight excluding hydrogens is 228 g/mol. The number of hydrogen-bond donors (Lipinski definition) is 0. The highest BCUT2D eigenvalue weighted by atomic mass is 35.5. The van der Waals surface area contributed by atoms with Crippen molar-refractivity contribution in [2.75, 3.05) is 13.1 Å². The minimum Gasteiger partial charge on any atom is -0.338 e. The highest BCUT2D eigenvalue weighted by Gasteiger charge is 2.21. The molecule has 16 heavy (non-hydrogen) atoms. The van der Waals surface area contributed by atoms with Crippen molar-refractivity contribution in [1.82, 2.24) is 9.88 Å². The van der Waals surface area contributed by atoms with Crippen molar-refractivity contribution < 1.29 is 9.59 Å². The summed E-state index contributed by atoms with van der Waals surface area (Å²) in [4.78, 5) is 28.5. The molecule has 0 spiro atoms. The Morgan fingerprint density at radius 3 is 2.56 bits per heavy atom. The van der Waals surface area contributed by atoms with Crippen LogP contribution in [0.3, 0.4) is 0 Å². The predicted molar refractivity (Wildman–Crippen MR) is 59.4 cm³/mol. The number of Topliss-reactive ketones (excluding diaryl/α,β-unsaturated/α-hetero) is 1. The molecular formula is C11H11ClN2O2. The van der Waals surface area contributed by atoms with Gasteiger partial charge in [0.2, 0.25) is 0 Å². The second-order valence-corrected chi connectivity index (χ2v) is 4.09. The standard InChI is InChI=1S/C11H11ClN2O2/c12-10-2-1-8(7-13-10)11(16)14-5-3-9(15)4-6-14/h1-2,7H,3-6H2. The monoisotopic (exact) mass is 238 g/mol. The molecule has 0 aliphatic carbocycles. The smallest absolute Gasteiger partial charge is 0.255 e. The first-order valence-electron chi connectivity index (χ1n) is 5.09. The second-order valence-electron chi connectivity index (χ2n) is 3.70. The minimum atomic E-state index is -0.0864. The fourth-order valence-electron chi connectivity index (χ4n) is 1.64. The lowest BCUT2D eigenvalue weighted by Crippen LogP contribution is -2.38. The van der Waals surface area contributed by atoms with Gasteiger partial charge >= 0.3 is 0 Å². The molecule has 2 rings (SSSR count). The van der Waals surface area contributed by atoms with Crippen molar-refractivity contribution in [2.45, 2.75) is 12.8 Å². The van der Waals surface area contributed by atoms with E-state index in [2.05, 4.69) is 4.98 Å². The number of hydrogen-bond acceptors (Lipinski definition) is 3.